The highest BCUT2D eigenvalue weighted by atomic mass is 16.5. The van der Waals surface area contributed by atoms with Crippen LogP contribution in [0.2, 0.25) is 0 Å². The number of hydrogen-bond donors (Lipinski definition) is 2. The molecule has 0 radical (unpaired) electrons. The molecule has 4 rings (SSSR count). The van der Waals surface area contributed by atoms with Gasteiger partial charge in [-0.2, -0.15) is 0 Å². The Morgan fingerprint density at radius 1 is 1.15 bits per heavy atom. The SMILES string of the molecule is COc1ccccc1N1CCC(NC2CCCC2C2COCCN2)CC1. The van der Waals surface area contributed by atoms with E-state index in [2.05, 4.69) is 33.7 Å². The summed E-state index contributed by atoms with van der Waals surface area (Å²) in [5.74, 6) is 1.71. The molecule has 0 spiro atoms. The van der Waals surface area contributed by atoms with Gasteiger partial charge in [0.05, 0.1) is 26.0 Å². The van der Waals surface area contributed by atoms with Gasteiger partial charge in [0.1, 0.15) is 5.75 Å². The predicted molar refractivity (Wildman–Crippen MR) is 105 cm³/mol. The van der Waals surface area contributed by atoms with Crippen molar-refractivity contribution < 1.29 is 9.47 Å². The molecular formula is C21H33N3O2. The van der Waals surface area contributed by atoms with Crippen molar-refractivity contribution in [3.05, 3.63) is 24.3 Å². The van der Waals surface area contributed by atoms with Crippen LogP contribution in [-0.2, 0) is 4.74 Å². The van der Waals surface area contributed by atoms with E-state index in [0.717, 1.165) is 44.5 Å². The molecule has 1 saturated carbocycles. The Labute approximate surface area is 157 Å². The number of anilines is 1. The summed E-state index contributed by atoms with van der Waals surface area (Å²) in [5, 5.41) is 7.69. The van der Waals surface area contributed by atoms with Crippen LogP contribution in [0.1, 0.15) is 32.1 Å². The quantitative estimate of drug-likeness (QED) is 0.845. The van der Waals surface area contributed by atoms with Crippen molar-refractivity contribution in [2.45, 2.75) is 50.2 Å². The van der Waals surface area contributed by atoms with Crippen LogP contribution >= 0.6 is 0 Å². The lowest BCUT2D eigenvalue weighted by Gasteiger charge is -2.38. The molecule has 1 aromatic carbocycles. The zero-order chi connectivity index (χ0) is 17.8. The minimum atomic E-state index is 0.539. The normalized spacial score (nSPS) is 30.5. The summed E-state index contributed by atoms with van der Waals surface area (Å²) in [6.07, 6.45) is 6.40. The molecule has 144 valence electrons. The third kappa shape index (κ3) is 4.00. The van der Waals surface area contributed by atoms with E-state index in [1.165, 1.54) is 37.8 Å². The van der Waals surface area contributed by atoms with Crippen molar-refractivity contribution in [2.24, 2.45) is 5.92 Å². The third-order valence-corrected chi connectivity index (χ3v) is 6.41. The van der Waals surface area contributed by atoms with Crippen LogP contribution in [0.3, 0.4) is 0 Å². The first-order valence-corrected chi connectivity index (χ1v) is 10.3. The molecule has 3 atom stereocenters. The highest BCUT2D eigenvalue weighted by Crippen LogP contribution is 2.32. The Balaban J connectivity index is 1.30. The monoisotopic (exact) mass is 359 g/mol. The van der Waals surface area contributed by atoms with Gasteiger partial charge in [-0.15, -0.1) is 0 Å². The van der Waals surface area contributed by atoms with Gasteiger partial charge in [-0.05, 0) is 43.7 Å². The highest BCUT2D eigenvalue weighted by molar-refractivity contribution is 5.58. The summed E-state index contributed by atoms with van der Waals surface area (Å²) in [5.41, 5.74) is 1.23. The Hall–Kier alpha value is -1.30. The van der Waals surface area contributed by atoms with Gasteiger partial charge >= 0.3 is 0 Å². The number of para-hydroxylation sites is 2. The van der Waals surface area contributed by atoms with Gasteiger partial charge in [0.15, 0.2) is 0 Å². The first-order chi connectivity index (χ1) is 12.8. The zero-order valence-corrected chi connectivity index (χ0v) is 16.0. The Bertz CT molecular complexity index is 568. The van der Waals surface area contributed by atoms with Gasteiger partial charge in [-0.3, -0.25) is 0 Å². The second-order valence-corrected chi connectivity index (χ2v) is 7.94. The summed E-state index contributed by atoms with van der Waals surface area (Å²) >= 11 is 0. The van der Waals surface area contributed by atoms with Crippen LogP contribution in [0, 0.1) is 5.92 Å². The Morgan fingerprint density at radius 3 is 2.77 bits per heavy atom. The molecule has 2 saturated heterocycles. The molecule has 3 fully saturated rings. The molecule has 2 heterocycles. The topological polar surface area (TPSA) is 45.8 Å². The van der Waals surface area contributed by atoms with Gasteiger partial charge in [0, 0.05) is 37.8 Å². The van der Waals surface area contributed by atoms with Crippen LogP contribution in [0.4, 0.5) is 5.69 Å². The van der Waals surface area contributed by atoms with E-state index in [9.17, 15) is 0 Å². The van der Waals surface area contributed by atoms with Gasteiger partial charge in [0.25, 0.3) is 0 Å². The molecular weight excluding hydrogens is 326 g/mol. The number of nitrogens with zero attached hydrogens (tertiary/aromatic N) is 1. The van der Waals surface area contributed by atoms with Crippen molar-refractivity contribution in [3.63, 3.8) is 0 Å². The van der Waals surface area contributed by atoms with Crippen molar-refractivity contribution in [1.82, 2.24) is 10.6 Å². The number of hydrogen-bond acceptors (Lipinski definition) is 5. The summed E-state index contributed by atoms with van der Waals surface area (Å²) in [7, 11) is 1.76. The summed E-state index contributed by atoms with van der Waals surface area (Å²) in [4.78, 5) is 2.47. The largest absolute Gasteiger partial charge is 0.495 e. The fourth-order valence-electron chi connectivity index (χ4n) is 5.02. The summed E-state index contributed by atoms with van der Waals surface area (Å²) in [6, 6.07) is 10.2. The Kier molecular flexibility index (Phi) is 5.98. The smallest absolute Gasteiger partial charge is 0.142 e. The van der Waals surface area contributed by atoms with Crippen molar-refractivity contribution in [3.8, 4) is 5.75 Å². The molecule has 3 unspecified atom stereocenters. The number of methoxy groups -OCH3 is 1. The second-order valence-electron chi connectivity index (χ2n) is 7.94. The van der Waals surface area contributed by atoms with E-state index in [1.807, 2.05) is 6.07 Å². The van der Waals surface area contributed by atoms with Crippen LogP contribution in [-0.4, -0.2) is 58.1 Å². The first kappa shape index (κ1) is 18.1. The maximum Gasteiger partial charge on any atom is 0.142 e. The first-order valence-electron chi connectivity index (χ1n) is 10.3. The number of ether oxygens (including phenoxy) is 2. The fraction of sp³-hybridized carbons (Fsp3) is 0.714. The zero-order valence-electron chi connectivity index (χ0n) is 16.0. The minimum Gasteiger partial charge on any atom is -0.495 e. The fourth-order valence-corrected chi connectivity index (χ4v) is 5.02. The number of benzene rings is 1. The van der Waals surface area contributed by atoms with E-state index in [4.69, 9.17) is 9.47 Å². The summed E-state index contributed by atoms with van der Waals surface area (Å²) in [6.45, 7) is 4.95. The predicted octanol–water partition coefficient (Wildman–Crippen LogP) is 2.41. The number of piperidine rings is 1. The Morgan fingerprint density at radius 2 is 2.00 bits per heavy atom. The average Bonchev–Trinajstić information content (AvgIpc) is 3.17. The lowest BCUT2D eigenvalue weighted by Crippen LogP contribution is -2.53. The maximum atomic E-state index is 5.71. The maximum absolute atomic E-state index is 5.71. The van der Waals surface area contributed by atoms with E-state index >= 15 is 0 Å². The van der Waals surface area contributed by atoms with Crippen molar-refractivity contribution in [2.75, 3.05) is 44.9 Å². The van der Waals surface area contributed by atoms with Gasteiger partial charge in [-0.1, -0.05) is 18.6 Å². The number of rotatable bonds is 5. The van der Waals surface area contributed by atoms with Gasteiger partial charge < -0.3 is 25.0 Å². The van der Waals surface area contributed by atoms with Crippen LogP contribution in [0.15, 0.2) is 24.3 Å². The molecule has 1 aromatic rings. The van der Waals surface area contributed by atoms with Gasteiger partial charge in [-0.25, -0.2) is 0 Å². The number of morpholine rings is 1. The van der Waals surface area contributed by atoms with Crippen molar-refractivity contribution >= 4 is 5.69 Å². The second kappa shape index (κ2) is 8.59. The average molecular weight is 360 g/mol. The van der Waals surface area contributed by atoms with Gasteiger partial charge in [0.2, 0.25) is 0 Å². The van der Waals surface area contributed by atoms with E-state index < -0.39 is 0 Å². The molecule has 0 bridgehead atoms. The van der Waals surface area contributed by atoms with Crippen LogP contribution in [0.25, 0.3) is 0 Å². The standard InChI is InChI=1S/C21H33N3O2/c1-25-21-8-3-2-7-20(21)24-12-9-16(10-13-24)23-18-6-4-5-17(18)19-15-26-14-11-22-19/h2-3,7-8,16-19,22-23H,4-6,9-15H2,1H3. The van der Waals surface area contributed by atoms with Crippen LogP contribution < -0.4 is 20.3 Å². The van der Waals surface area contributed by atoms with E-state index in [-0.39, 0.29) is 0 Å². The molecule has 0 amide bonds. The molecule has 1 aliphatic carbocycles. The molecule has 3 aliphatic rings. The molecule has 5 nitrogen and oxygen atoms in total. The molecule has 0 aromatic heterocycles. The summed E-state index contributed by atoms with van der Waals surface area (Å²) < 4.78 is 11.2. The van der Waals surface area contributed by atoms with E-state index in [0.29, 0.717) is 18.1 Å². The van der Waals surface area contributed by atoms with Crippen LogP contribution in [0.5, 0.6) is 5.75 Å². The van der Waals surface area contributed by atoms with E-state index in [1.54, 1.807) is 7.11 Å². The third-order valence-electron chi connectivity index (χ3n) is 6.41. The molecule has 5 heteroatoms. The lowest BCUT2D eigenvalue weighted by atomic mass is 9.92. The molecule has 2 N–H and O–H groups in total. The lowest BCUT2D eigenvalue weighted by molar-refractivity contribution is 0.0514. The highest BCUT2D eigenvalue weighted by Gasteiger charge is 2.36. The minimum absolute atomic E-state index is 0.539. The van der Waals surface area contributed by atoms with Crippen molar-refractivity contribution in [1.29, 1.82) is 0 Å². The molecule has 26 heavy (non-hydrogen) atoms. The molecule has 2 aliphatic heterocycles. The number of nitrogens with one attached hydrogen (secondary N) is 2.